The minimum atomic E-state index is -0.633. The van der Waals surface area contributed by atoms with E-state index in [1.807, 2.05) is 13.0 Å². The molecule has 38 heavy (non-hydrogen) atoms. The minimum absolute atomic E-state index is 0.0184. The number of fused-ring (bicyclic) bond motifs is 1. The number of hydrogen-bond acceptors (Lipinski definition) is 8. The van der Waals surface area contributed by atoms with E-state index in [0.717, 1.165) is 12.2 Å². The largest absolute Gasteiger partial charge is 0.493 e. The Morgan fingerprint density at radius 2 is 2.05 bits per heavy atom. The molecule has 0 aliphatic carbocycles. The number of anilines is 1. The number of halogens is 2. The molecule has 2 aromatic carbocycles. The normalized spacial score (nSPS) is 14.8. The summed E-state index contributed by atoms with van der Waals surface area (Å²) in [5.74, 6) is 1.43. The van der Waals surface area contributed by atoms with Crippen LogP contribution in [0.3, 0.4) is 0 Å². The number of allylic oxidation sites excluding steroid dienone is 1. The van der Waals surface area contributed by atoms with Crippen LogP contribution in [-0.4, -0.2) is 39.7 Å². The molecule has 0 saturated heterocycles. The Hall–Kier alpha value is -3.05. The molecule has 1 aliphatic rings. The smallest absolute Gasteiger partial charge is 0.338 e. The number of nitrogens with one attached hydrogen (secondary N) is 1. The fraction of sp³-hybridized carbons (Fsp3) is 0.370. The van der Waals surface area contributed by atoms with Gasteiger partial charge in [-0.1, -0.05) is 36.9 Å². The summed E-state index contributed by atoms with van der Waals surface area (Å²) in [6.07, 6.45) is 0.680. The fourth-order valence-electron chi connectivity index (χ4n) is 4.04. The lowest BCUT2D eigenvalue weighted by Gasteiger charge is -2.29. The van der Waals surface area contributed by atoms with E-state index in [1.54, 1.807) is 54.6 Å². The monoisotopic (exact) mass is 604 g/mol. The maximum absolute atomic E-state index is 14.2. The van der Waals surface area contributed by atoms with Gasteiger partial charge in [-0.25, -0.2) is 13.9 Å². The Morgan fingerprint density at radius 1 is 1.29 bits per heavy atom. The third kappa shape index (κ3) is 5.99. The van der Waals surface area contributed by atoms with Gasteiger partial charge in [0.25, 0.3) is 0 Å². The van der Waals surface area contributed by atoms with Crippen LogP contribution >= 0.6 is 27.7 Å². The molecule has 1 N–H and O–H groups in total. The summed E-state index contributed by atoms with van der Waals surface area (Å²) in [6, 6.07) is 9.44. The average Bonchev–Trinajstić information content (AvgIpc) is 3.28. The first kappa shape index (κ1) is 28.0. The molecule has 0 bridgehead atoms. The number of thioether (sulfide) groups is 1. The predicted molar refractivity (Wildman–Crippen MR) is 148 cm³/mol. The molecule has 1 unspecified atom stereocenters. The SMILES string of the molecule is CCCSc1nc2n(n1)C(c1cc(Br)c(OCc3ccccc3F)c(OC)c1)C(C(=O)OC(C)C)=C(C)N2. The molecule has 3 aromatic rings. The van der Waals surface area contributed by atoms with E-state index in [0.29, 0.717) is 49.5 Å². The summed E-state index contributed by atoms with van der Waals surface area (Å²) >= 11 is 5.14. The lowest BCUT2D eigenvalue weighted by Crippen LogP contribution is -2.30. The Labute approximate surface area is 234 Å². The molecule has 202 valence electrons. The molecular weight excluding hydrogens is 575 g/mol. The number of ether oxygens (including phenoxy) is 3. The predicted octanol–water partition coefficient (Wildman–Crippen LogP) is 6.51. The van der Waals surface area contributed by atoms with Gasteiger partial charge in [-0.05, 0) is 66.9 Å². The van der Waals surface area contributed by atoms with E-state index >= 15 is 0 Å². The average molecular weight is 606 g/mol. The standard InChI is InChI=1S/C27H30BrFN4O4S/c1-6-11-38-27-31-26-30-16(4)22(25(34)37-15(2)3)23(33(26)32-27)18-12-19(28)24(21(13-18)35-5)36-14-17-9-7-8-10-20(17)29/h7-10,12-13,15,23H,6,11,14H2,1-5H3,(H,30,31,32). The van der Waals surface area contributed by atoms with Crippen LogP contribution in [0.15, 0.2) is 57.3 Å². The molecule has 11 heteroatoms. The Morgan fingerprint density at radius 3 is 2.74 bits per heavy atom. The van der Waals surface area contributed by atoms with E-state index in [4.69, 9.17) is 19.3 Å². The van der Waals surface area contributed by atoms with Gasteiger partial charge in [0.1, 0.15) is 18.5 Å². The number of esters is 1. The Bertz CT molecular complexity index is 1360. The van der Waals surface area contributed by atoms with Crippen molar-refractivity contribution in [2.75, 3.05) is 18.2 Å². The quantitative estimate of drug-likeness (QED) is 0.207. The van der Waals surface area contributed by atoms with Gasteiger partial charge < -0.3 is 19.5 Å². The molecule has 0 amide bonds. The second-order valence-electron chi connectivity index (χ2n) is 8.95. The topological polar surface area (TPSA) is 87.5 Å². The number of nitrogens with zero attached hydrogens (tertiary/aromatic N) is 3. The molecule has 2 heterocycles. The van der Waals surface area contributed by atoms with E-state index < -0.39 is 12.0 Å². The number of carbonyl (C=O) groups is 1. The number of aromatic nitrogens is 3. The summed E-state index contributed by atoms with van der Waals surface area (Å²) in [5.41, 5.74) is 2.17. The number of carbonyl (C=O) groups excluding carboxylic acids is 1. The highest BCUT2D eigenvalue weighted by Gasteiger charge is 2.36. The Kier molecular flexibility index (Phi) is 8.99. The summed E-state index contributed by atoms with van der Waals surface area (Å²) in [4.78, 5) is 17.9. The first-order valence-electron chi connectivity index (χ1n) is 12.2. The summed E-state index contributed by atoms with van der Waals surface area (Å²) in [7, 11) is 1.53. The van der Waals surface area contributed by atoms with E-state index in [1.165, 1.54) is 13.2 Å². The van der Waals surface area contributed by atoms with Crippen LogP contribution in [0.2, 0.25) is 0 Å². The molecule has 0 radical (unpaired) electrons. The van der Waals surface area contributed by atoms with Gasteiger partial charge >= 0.3 is 5.97 Å². The molecule has 8 nitrogen and oxygen atoms in total. The third-order valence-electron chi connectivity index (χ3n) is 5.73. The number of methoxy groups -OCH3 is 1. The van der Waals surface area contributed by atoms with Gasteiger partial charge in [-0.15, -0.1) is 5.10 Å². The first-order chi connectivity index (χ1) is 18.2. The maximum atomic E-state index is 14.2. The van der Waals surface area contributed by atoms with E-state index in [-0.39, 0.29) is 18.5 Å². The third-order valence-corrected chi connectivity index (χ3v) is 7.36. The summed E-state index contributed by atoms with van der Waals surface area (Å²) in [5, 5.41) is 8.54. The lowest BCUT2D eigenvalue weighted by molar-refractivity contribution is -0.143. The summed E-state index contributed by atoms with van der Waals surface area (Å²) in [6.45, 7) is 7.54. The highest BCUT2D eigenvalue weighted by molar-refractivity contribution is 9.10. The van der Waals surface area contributed by atoms with Crippen molar-refractivity contribution in [3.05, 3.63) is 69.1 Å². The maximum Gasteiger partial charge on any atom is 0.338 e. The summed E-state index contributed by atoms with van der Waals surface area (Å²) < 4.78 is 33.7. The van der Waals surface area contributed by atoms with Crippen LogP contribution in [0.5, 0.6) is 11.5 Å². The molecule has 1 aliphatic heterocycles. The molecule has 4 rings (SSSR count). The van der Waals surface area contributed by atoms with Gasteiger partial charge in [0.05, 0.1) is 23.3 Å². The van der Waals surface area contributed by atoms with E-state index in [9.17, 15) is 9.18 Å². The zero-order chi connectivity index (χ0) is 27.4. The first-order valence-corrected chi connectivity index (χ1v) is 14.0. The van der Waals surface area contributed by atoms with Crippen LogP contribution in [-0.2, 0) is 16.1 Å². The van der Waals surface area contributed by atoms with Gasteiger partial charge in [-0.3, -0.25) is 0 Å². The number of hydrogen-bond donors (Lipinski definition) is 1. The van der Waals surface area contributed by atoms with Gasteiger partial charge in [0, 0.05) is 17.0 Å². The van der Waals surface area contributed by atoms with Crippen LogP contribution in [0.1, 0.15) is 51.3 Å². The van der Waals surface area contributed by atoms with Crippen molar-refractivity contribution in [2.45, 2.75) is 58.0 Å². The molecule has 1 atom stereocenters. The van der Waals surface area contributed by atoms with Crippen LogP contribution in [0.4, 0.5) is 10.3 Å². The molecule has 0 fully saturated rings. The van der Waals surface area contributed by atoms with Crippen molar-refractivity contribution in [2.24, 2.45) is 0 Å². The van der Waals surface area contributed by atoms with Crippen LogP contribution in [0.25, 0.3) is 0 Å². The van der Waals surface area contributed by atoms with Crippen LogP contribution < -0.4 is 14.8 Å². The highest BCUT2D eigenvalue weighted by Crippen LogP contribution is 2.43. The molecular formula is C27H30BrFN4O4S. The van der Waals surface area contributed by atoms with Crippen molar-refractivity contribution in [1.29, 1.82) is 0 Å². The zero-order valence-electron chi connectivity index (χ0n) is 21.9. The Balaban J connectivity index is 1.77. The van der Waals surface area contributed by atoms with Gasteiger partial charge in [0.2, 0.25) is 11.1 Å². The second kappa shape index (κ2) is 12.2. The zero-order valence-corrected chi connectivity index (χ0v) is 24.3. The van der Waals surface area contributed by atoms with Crippen molar-refractivity contribution >= 4 is 39.6 Å². The van der Waals surface area contributed by atoms with Crippen molar-refractivity contribution in [3.63, 3.8) is 0 Å². The molecule has 0 spiro atoms. The number of benzene rings is 2. The van der Waals surface area contributed by atoms with Gasteiger partial charge in [0.15, 0.2) is 11.5 Å². The molecule has 0 saturated carbocycles. The minimum Gasteiger partial charge on any atom is -0.493 e. The fourth-order valence-corrected chi connectivity index (χ4v) is 5.30. The lowest BCUT2D eigenvalue weighted by atomic mass is 9.95. The molecule has 1 aromatic heterocycles. The van der Waals surface area contributed by atoms with Crippen molar-refractivity contribution in [1.82, 2.24) is 14.8 Å². The van der Waals surface area contributed by atoms with Crippen molar-refractivity contribution in [3.8, 4) is 11.5 Å². The number of rotatable bonds is 10. The highest BCUT2D eigenvalue weighted by atomic mass is 79.9. The van der Waals surface area contributed by atoms with Gasteiger partial charge in [-0.2, -0.15) is 4.98 Å². The second-order valence-corrected chi connectivity index (χ2v) is 10.9. The van der Waals surface area contributed by atoms with E-state index in [2.05, 4.69) is 33.2 Å². The van der Waals surface area contributed by atoms with Crippen molar-refractivity contribution < 1.29 is 23.4 Å². The van der Waals surface area contributed by atoms with Crippen LogP contribution in [0, 0.1) is 5.82 Å².